The predicted octanol–water partition coefficient (Wildman–Crippen LogP) is 4.74. The predicted molar refractivity (Wildman–Crippen MR) is 123 cm³/mol. The number of rotatable bonds is 7. The lowest BCUT2D eigenvalue weighted by Gasteiger charge is -2.08. The van der Waals surface area contributed by atoms with Gasteiger partial charge in [0.15, 0.2) is 10.8 Å². The second kappa shape index (κ2) is 9.21. The Balaban J connectivity index is 1.57. The average Bonchev–Trinajstić information content (AvgIpc) is 3.47. The monoisotopic (exact) mass is 432 g/mol. The number of thiazole rings is 2. The van der Waals surface area contributed by atoms with Crippen LogP contribution in [0.5, 0.6) is 0 Å². The number of hydrogen-bond donors (Lipinski definition) is 3. The zero-order valence-corrected chi connectivity index (χ0v) is 17.2. The number of nitrogens with one attached hydrogen (secondary N) is 3. The van der Waals surface area contributed by atoms with Gasteiger partial charge in [-0.05, 0) is 0 Å². The molecule has 2 heterocycles. The van der Waals surface area contributed by atoms with Gasteiger partial charge in [0.1, 0.15) is 0 Å². The minimum Gasteiger partial charge on any atom is -0.298 e. The Kier molecular flexibility index (Phi) is 6.02. The Morgan fingerprint density at radius 3 is 2.40 bits per heavy atom. The van der Waals surface area contributed by atoms with Crippen molar-refractivity contribution < 1.29 is 4.79 Å². The lowest BCUT2D eigenvalue weighted by molar-refractivity contribution is -0.110. The summed E-state index contributed by atoms with van der Waals surface area (Å²) in [6.07, 6.45) is 1.63. The van der Waals surface area contributed by atoms with Crippen LogP contribution in [0.4, 0.5) is 10.3 Å². The van der Waals surface area contributed by atoms with Gasteiger partial charge in [0.05, 0.1) is 11.4 Å². The molecule has 7 nitrogen and oxygen atoms in total. The molecule has 0 saturated carbocycles. The molecule has 0 fully saturated rings. The number of anilines is 2. The Labute approximate surface area is 180 Å². The van der Waals surface area contributed by atoms with Gasteiger partial charge >= 0.3 is 0 Å². The standard InChI is InChI=1S/C21H16N6OS2/c22-17(15-9-5-2-6-10-15)18(26-27-20-23-11-12-29-20)19(28)25-21-24-16(13-30-21)14-7-3-1-4-8-14/h1-13,22H,(H,23,27)(H,24,25,28)/b22-17?,26-18+. The number of amides is 1. The van der Waals surface area contributed by atoms with E-state index in [4.69, 9.17) is 5.41 Å². The van der Waals surface area contributed by atoms with Crippen molar-refractivity contribution in [2.24, 2.45) is 5.10 Å². The zero-order valence-electron chi connectivity index (χ0n) is 15.6. The van der Waals surface area contributed by atoms with Crippen molar-refractivity contribution in [1.82, 2.24) is 9.97 Å². The summed E-state index contributed by atoms with van der Waals surface area (Å²) in [6, 6.07) is 18.7. The highest BCUT2D eigenvalue weighted by molar-refractivity contribution is 7.14. The molecule has 0 saturated heterocycles. The fourth-order valence-corrected chi connectivity index (χ4v) is 3.76. The summed E-state index contributed by atoms with van der Waals surface area (Å²) < 4.78 is 0. The Morgan fingerprint density at radius 1 is 0.967 bits per heavy atom. The van der Waals surface area contributed by atoms with Crippen LogP contribution < -0.4 is 10.7 Å². The van der Waals surface area contributed by atoms with Gasteiger partial charge in [-0.3, -0.25) is 20.9 Å². The van der Waals surface area contributed by atoms with Crippen LogP contribution in [-0.4, -0.2) is 27.3 Å². The molecule has 4 rings (SSSR count). The maximum absolute atomic E-state index is 13.0. The van der Waals surface area contributed by atoms with Crippen molar-refractivity contribution in [2.45, 2.75) is 0 Å². The summed E-state index contributed by atoms with van der Waals surface area (Å²) in [7, 11) is 0. The Hall–Kier alpha value is -3.69. The molecule has 1 amide bonds. The van der Waals surface area contributed by atoms with E-state index in [0.29, 0.717) is 15.8 Å². The molecule has 148 valence electrons. The van der Waals surface area contributed by atoms with Crippen molar-refractivity contribution in [2.75, 3.05) is 10.7 Å². The molecule has 2 aromatic heterocycles. The van der Waals surface area contributed by atoms with Crippen LogP contribution in [0.2, 0.25) is 0 Å². The maximum Gasteiger partial charge on any atom is 0.280 e. The van der Waals surface area contributed by atoms with Crippen LogP contribution in [0.15, 0.2) is 82.7 Å². The first kappa shape index (κ1) is 19.6. The minimum atomic E-state index is -0.526. The zero-order chi connectivity index (χ0) is 20.8. The quantitative estimate of drug-likeness (QED) is 0.290. The van der Waals surface area contributed by atoms with E-state index in [-0.39, 0.29) is 11.4 Å². The summed E-state index contributed by atoms with van der Waals surface area (Å²) in [4.78, 5) is 21.5. The molecule has 0 radical (unpaired) electrons. The second-order valence-corrected chi connectivity index (χ2v) is 7.76. The maximum atomic E-state index is 13.0. The molecule has 0 atom stereocenters. The molecule has 0 spiro atoms. The number of nitrogens with zero attached hydrogens (tertiary/aromatic N) is 3. The van der Waals surface area contributed by atoms with Gasteiger partial charge in [-0.25, -0.2) is 9.97 Å². The van der Waals surface area contributed by atoms with Crippen LogP contribution in [0.25, 0.3) is 11.3 Å². The first-order valence-corrected chi connectivity index (χ1v) is 10.7. The fraction of sp³-hybridized carbons (Fsp3) is 0. The van der Waals surface area contributed by atoms with Crippen molar-refractivity contribution in [3.8, 4) is 11.3 Å². The molecule has 2 aromatic carbocycles. The summed E-state index contributed by atoms with van der Waals surface area (Å²) in [5.74, 6) is -0.526. The third-order valence-electron chi connectivity index (χ3n) is 4.00. The van der Waals surface area contributed by atoms with E-state index in [9.17, 15) is 4.79 Å². The third kappa shape index (κ3) is 4.65. The first-order valence-electron chi connectivity index (χ1n) is 8.90. The van der Waals surface area contributed by atoms with E-state index in [1.807, 2.05) is 41.8 Å². The molecule has 0 aliphatic heterocycles. The summed E-state index contributed by atoms with van der Waals surface area (Å²) >= 11 is 2.66. The normalized spacial score (nSPS) is 11.1. The molecule has 9 heteroatoms. The molecular weight excluding hydrogens is 416 g/mol. The van der Waals surface area contributed by atoms with Crippen molar-refractivity contribution >= 4 is 50.3 Å². The molecule has 0 aliphatic carbocycles. The molecule has 0 bridgehead atoms. The molecular formula is C21H16N6OS2. The number of carbonyl (C=O) groups excluding carboxylic acids is 1. The molecule has 0 unspecified atom stereocenters. The summed E-state index contributed by atoms with van der Waals surface area (Å²) in [6.45, 7) is 0. The molecule has 30 heavy (non-hydrogen) atoms. The summed E-state index contributed by atoms with van der Waals surface area (Å²) in [5.41, 5.74) is 5.00. The average molecular weight is 433 g/mol. The van der Waals surface area contributed by atoms with Crippen LogP contribution >= 0.6 is 22.7 Å². The van der Waals surface area contributed by atoms with Crippen LogP contribution in [0, 0.1) is 5.41 Å². The first-order chi connectivity index (χ1) is 14.7. The van der Waals surface area contributed by atoms with E-state index >= 15 is 0 Å². The van der Waals surface area contributed by atoms with E-state index in [1.54, 1.807) is 35.8 Å². The number of carbonyl (C=O) groups is 1. The lowest BCUT2D eigenvalue weighted by Crippen LogP contribution is -2.31. The lowest BCUT2D eigenvalue weighted by atomic mass is 10.1. The molecule has 4 aromatic rings. The Morgan fingerprint density at radius 2 is 1.70 bits per heavy atom. The van der Waals surface area contributed by atoms with Crippen LogP contribution in [-0.2, 0) is 4.79 Å². The Bertz CT molecular complexity index is 1170. The van der Waals surface area contributed by atoms with E-state index in [2.05, 4.69) is 25.8 Å². The van der Waals surface area contributed by atoms with Crippen molar-refractivity contribution in [3.63, 3.8) is 0 Å². The van der Waals surface area contributed by atoms with Gasteiger partial charge in [0.25, 0.3) is 5.91 Å². The highest BCUT2D eigenvalue weighted by Crippen LogP contribution is 2.24. The highest BCUT2D eigenvalue weighted by atomic mass is 32.1. The van der Waals surface area contributed by atoms with E-state index in [1.165, 1.54) is 22.7 Å². The van der Waals surface area contributed by atoms with E-state index < -0.39 is 5.91 Å². The second-order valence-electron chi connectivity index (χ2n) is 6.01. The van der Waals surface area contributed by atoms with Gasteiger partial charge in [-0.1, -0.05) is 60.7 Å². The van der Waals surface area contributed by atoms with Gasteiger partial charge in [0.2, 0.25) is 5.13 Å². The highest BCUT2D eigenvalue weighted by Gasteiger charge is 2.20. The summed E-state index contributed by atoms with van der Waals surface area (Å²) in [5, 5.41) is 20.0. The third-order valence-corrected chi connectivity index (χ3v) is 5.44. The van der Waals surface area contributed by atoms with Crippen LogP contribution in [0.1, 0.15) is 5.56 Å². The van der Waals surface area contributed by atoms with Crippen molar-refractivity contribution in [3.05, 3.63) is 83.2 Å². The fourth-order valence-electron chi connectivity index (χ4n) is 2.57. The van der Waals surface area contributed by atoms with Gasteiger partial charge in [-0.15, -0.1) is 22.7 Å². The topological polar surface area (TPSA) is 103 Å². The van der Waals surface area contributed by atoms with Gasteiger partial charge in [0, 0.05) is 28.1 Å². The molecule has 0 aliphatic rings. The number of hydrogen-bond acceptors (Lipinski definition) is 8. The largest absolute Gasteiger partial charge is 0.298 e. The van der Waals surface area contributed by atoms with Gasteiger partial charge < -0.3 is 0 Å². The SMILES string of the molecule is N=C(/C(=N\Nc1nccs1)C(=O)Nc1nc(-c2ccccc2)cs1)c1ccccc1. The number of hydrazone groups is 1. The number of aromatic nitrogens is 2. The minimum absolute atomic E-state index is 0.00278. The smallest absolute Gasteiger partial charge is 0.280 e. The number of benzene rings is 2. The van der Waals surface area contributed by atoms with Crippen molar-refractivity contribution in [1.29, 1.82) is 5.41 Å². The van der Waals surface area contributed by atoms with Gasteiger partial charge in [-0.2, -0.15) is 5.10 Å². The van der Waals surface area contributed by atoms with E-state index in [0.717, 1.165) is 11.3 Å². The molecule has 3 N–H and O–H groups in total. The van der Waals surface area contributed by atoms with Crippen LogP contribution in [0.3, 0.4) is 0 Å².